The van der Waals surface area contributed by atoms with E-state index < -0.39 is 0 Å². The molecule has 0 heterocycles. The van der Waals surface area contributed by atoms with Gasteiger partial charge in [-0.05, 0) is 62.4 Å². The molecule has 0 unspecified atom stereocenters. The van der Waals surface area contributed by atoms with Gasteiger partial charge < -0.3 is 5.73 Å². The maximum Gasteiger partial charge on any atom is 0.155 e. The van der Waals surface area contributed by atoms with Crippen LogP contribution in [0.5, 0.6) is 0 Å². The number of Topliss-reactive ketones (excluding diaryl/α,β-unsaturated/α-hetero) is 1. The summed E-state index contributed by atoms with van der Waals surface area (Å²) in [5, 5.41) is 0. The van der Waals surface area contributed by atoms with Crippen LogP contribution in [0.25, 0.3) is 0 Å². The molecule has 4 rings (SSSR count). The van der Waals surface area contributed by atoms with Gasteiger partial charge in [-0.3, -0.25) is 9.59 Å². The molecule has 3 saturated carbocycles. The van der Waals surface area contributed by atoms with E-state index in [1.54, 1.807) is 0 Å². The Morgan fingerprint density at radius 2 is 1.91 bits per heavy atom. The first kappa shape index (κ1) is 14.6. The van der Waals surface area contributed by atoms with Crippen molar-refractivity contribution >= 4 is 11.6 Å². The van der Waals surface area contributed by atoms with Crippen LogP contribution in [0.2, 0.25) is 0 Å². The molecule has 3 heteroatoms. The van der Waals surface area contributed by atoms with E-state index >= 15 is 0 Å². The smallest absolute Gasteiger partial charge is 0.155 e. The van der Waals surface area contributed by atoms with Gasteiger partial charge in [0.05, 0.1) is 0 Å². The van der Waals surface area contributed by atoms with Crippen LogP contribution in [0.15, 0.2) is 11.6 Å². The Bertz CT molecular complexity index is 566. The molecular formula is C19H27NO2. The van der Waals surface area contributed by atoms with E-state index in [2.05, 4.69) is 6.92 Å². The van der Waals surface area contributed by atoms with Gasteiger partial charge in [0.1, 0.15) is 5.78 Å². The van der Waals surface area contributed by atoms with Crippen LogP contribution < -0.4 is 5.73 Å². The molecule has 0 spiro atoms. The first-order valence-corrected chi connectivity index (χ1v) is 8.98. The summed E-state index contributed by atoms with van der Waals surface area (Å²) in [5.41, 5.74) is 7.61. The second-order valence-corrected chi connectivity index (χ2v) is 8.33. The summed E-state index contributed by atoms with van der Waals surface area (Å²) >= 11 is 0. The van der Waals surface area contributed by atoms with Gasteiger partial charge >= 0.3 is 0 Å². The standard InChI is InChI=1S/C19H27NO2/c1-18-8-7-16-14(15(18)4-5-17(18)22)3-2-12-10-13(21)6-9-19(12,16)11-20/h10,14-16H,2-9,11,20H2,1H3/t14-,15-,16+,18-,19+/m0/s1. The molecule has 4 aliphatic rings. The second kappa shape index (κ2) is 4.77. The number of hydrogen-bond donors (Lipinski definition) is 1. The van der Waals surface area contributed by atoms with Crippen molar-refractivity contribution in [3.63, 3.8) is 0 Å². The van der Waals surface area contributed by atoms with E-state index in [0.717, 1.165) is 44.9 Å². The highest BCUT2D eigenvalue weighted by Gasteiger charge is 2.59. The predicted octanol–water partition coefficient (Wildman–Crippen LogP) is 3.03. The number of rotatable bonds is 1. The lowest BCUT2D eigenvalue weighted by Crippen LogP contribution is -2.54. The molecule has 0 aliphatic heterocycles. The van der Waals surface area contributed by atoms with Crippen LogP contribution in [-0.2, 0) is 9.59 Å². The van der Waals surface area contributed by atoms with E-state index in [0.29, 0.717) is 36.5 Å². The minimum Gasteiger partial charge on any atom is -0.330 e. The molecule has 0 aromatic carbocycles. The molecular weight excluding hydrogens is 274 g/mol. The van der Waals surface area contributed by atoms with Gasteiger partial charge in [0.2, 0.25) is 0 Å². The monoisotopic (exact) mass is 301 g/mol. The molecule has 3 nitrogen and oxygen atoms in total. The molecule has 0 amide bonds. The minimum atomic E-state index is -0.0668. The Kier molecular flexibility index (Phi) is 3.17. The van der Waals surface area contributed by atoms with Crippen LogP contribution in [0.4, 0.5) is 0 Å². The van der Waals surface area contributed by atoms with Crippen molar-refractivity contribution in [2.45, 2.75) is 58.3 Å². The van der Waals surface area contributed by atoms with E-state index in [4.69, 9.17) is 5.73 Å². The lowest BCUT2D eigenvalue weighted by molar-refractivity contribution is -0.132. The molecule has 3 fully saturated rings. The molecule has 0 aromatic heterocycles. The van der Waals surface area contributed by atoms with Crippen molar-refractivity contribution in [2.75, 3.05) is 6.54 Å². The summed E-state index contributed by atoms with van der Waals surface area (Å²) in [6.07, 6.45) is 9.69. The zero-order valence-corrected chi connectivity index (χ0v) is 13.6. The highest BCUT2D eigenvalue weighted by atomic mass is 16.1. The molecule has 0 aromatic rings. The molecule has 0 saturated heterocycles. The maximum absolute atomic E-state index is 12.4. The largest absolute Gasteiger partial charge is 0.330 e. The number of ketones is 2. The molecule has 5 atom stereocenters. The van der Waals surface area contributed by atoms with Gasteiger partial charge in [0.15, 0.2) is 5.78 Å². The van der Waals surface area contributed by atoms with Gasteiger partial charge in [-0.2, -0.15) is 0 Å². The van der Waals surface area contributed by atoms with Gasteiger partial charge in [-0.15, -0.1) is 0 Å². The van der Waals surface area contributed by atoms with Crippen LogP contribution in [0, 0.1) is 28.6 Å². The third kappa shape index (κ3) is 1.72. The van der Waals surface area contributed by atoms with Crippen LogP contribution in [0.3, 0.4) is 0 Å². The van der Waals surface area contributed by atoms with Gasteiger partial charge in [-0.25, -0.2) is 0 Å². The Morgan fingerprint density at radius 1 is 1.09 bits per heavy atom. The molecule has 120 valence electrons. The van der Waals surface area contributed by atoms with Gasteiger partial charge in [-0.1, -0.05) is 12.5 Å². The number of carbonyl (C=O) groups is 2. The zero-order valence-electron chi connectivity index (χ0n) is 13.6. The average molecular weight is 301 g/mol. The fraction of sp³-hybridized carbons (Fsp3) is 0.789. The van der Waals surface area contributed by atoms with Crippen molar-refractivity contribution in [3.8, 4) is 0 Å². The van der Waals surface area contributed by atoms with Gasteiger partial charge in [0, 0.05) is 30.2 Å². The zero-order chi connectivity index (χ0) is 15.5. The lowest BCUT2D eigenvalue weighted by atomic mass is 9.47. The van der Waals surface area contributed by atoms with E-state index in [1.165, 1.54) is 5.57 Å². The number of fused-ring (bicyclic) bond motifs is 5. The highest BCUT2D eigenvalue weighted by molar-refractivity contribution is 5.91. The molecule has 22 heavy (non-hydrogen) atoms. The quantitative estimate of drug-likeness (QED) is 0.810. The Labute approximate surface area is 132 Å². The van der Waals surface area contributed by atoms with Crippen molar-refractivity contribution in [2.24, 2.45) is 34.3 Å². The molecule has 4 aliphatic carbocycles. The topological polar surface area (TPSA) is 60.2 Å². The summed E-state index contributed by atoms with van der Waals surface area (Å²) < 4.78 is 0. The summed E-state index contributed by atoms with van der Waals surface area (Å²) in [4.78, 5) is 24.3. The van der Waals surface area contributed by atoms with E-state index in [1.807, 2.05) is 6.08 Å². The van der Waals surface area contributed by atoms with E-state index in [9.17, 15) is 9.59 Å². The molecule has 0 bridgehead atoms. The number of carbonyl (C=O) groups excluding carboxylic acids is 2. The van der Waals surface area contributed by atoms with Crippen molar-refractivity contribution in [1.82, 2.24) is 0 Å². The number of hydrogen-bond acceptors (Lipinski definition) is 3. The average Bonchev–Trinajstić information content (AvgIpc) is 2.82. The third-order valence-corrected chi connectivity index (χ3v) is 7.76. The maximum atomic E-state index is 12.4. The van der Waals surface area contributed by atoms with Crippen LogP contribution in [-0.4, -0.2) is 18.1 Å². The first-order valence-electron chi connectivity index (χ1n) is 8.98. The highest BCUT2D eigenvalue weighted by Crippen LogP contribution is 2.64. The second-order valence-electron chi connectivity index (χ2n) is 8.33. The van der Waals surface area contributed by atoms with E-state index in [-0.39, 0.29) is 16.6 Å². The predicted molar refractivity (Wildman–Crippen MR) is 85.1 cm³/mol. The fourth-order valence-electron chi connectivity index (χ4n) is 6.52. The van der Waals surface area contributed by atoms with Gasteiger partial charge in [0.25, 0.3) is 0 Å². The Hall–Kier alpha value is -0.960. The van der Waals surface area contributed by atoms with Crippen LogP contribution >= 0.6 is 0 Å². The summed E-state index contributed by atoms with van der Waals surface area (Å²) in [6.45, 7) is 2.89. The summed E-state index contributed by atoms with van der Waals surface area (Å²) in [7, 11) is 0. The van der Waals surface area contributed by atoms with Crippen molar-refractivity contribution in [1.29, 1.82) is 0 Å². The normalized spacial score (nSPS) is 47.5. The number of nitrogens with two attached hydrogens (primary N) is 1. The molecule has 0 radical (unpaired) electrons. The lowest BCUT2D eigenvalue weighted by Gasteiger charge is -2.57. The van der Waals surface area contributed by atoms with Crippen molar-refractivity contribution < 1.29 is 9.59 Å². The fourth-order valence-corrected chi connectivity index (χ4v) is 6.52. The minimum absolute atomic E-state index is 0.0593. The Morgan fingerprint density at radius 3 is 2.68 bits per heavy atom. The first-order chi connectivity index (χ1) is 10.5. The SMILES string of the molecule is C[C@]12CC[C@@H]3[C@@H](CCC4=CC(=O)CC[C@@]43CN)[C@@H]1CCC2=O. The van der Waals surface area contributed by atoms with Crippen LogP contribution in [0.1, 0.15) is 58.3 Å². The Balaban J connectivity index is 1.73. The summed E-state index contributed by atoms with van der Waals surface area (Å²) in [5.74, 6) is 2.57. The third-order valence-electron chi connectivity index (χ3n) is 7.76. The van der Waals surface area contributed by atoms with Crippen molar-refractivity contribution in [3.05, 3.63) is 11.6 Å². The summed E-state index contributed by atoms with van der Waals surface area (Å²) in [6, 6.07) is 0. The molecule has 2 N–H and O–H groups in total.